The molecule has 7 aromatic carbocycles. The average molecular weight is 642 g/mol. The summed E-state index contributed by atoms with van der Waals surface area (Å²) < 4.78 is 2.43. The quantitative estimate of drug-likeness (QED) is 0.153. The fraction of sp³-hybridized carbons (Fsp3) is 0.0455. The Morgan fingerprint density at radius 3 is 0.936 bits per heavy atom. The van der Waals surface area contributed by atoms with Crippen molar-refractivity contribution in [3.63, 3.8) is 0 Å². The monoisotopic (exact) mass is 641 g/mol. The molecule has 0 aliphatic heterocycles. The minimum absolute atomic E-state index is 0.717. The molecule has 0 radical (unpaired) electrons. The Bertz CT molecular complexity index is 1980. The molecule has 0 unspecified atom stereocenters. The van der Waals surface area contributed by atoms with Gasteiger partial charge in [-0.15, -0.1) is 0 Å². The third-order valence-electron chi connectivity index (χ3n) is 8.32. The molecule has 0 aliphatic carbocycles. The number of aromatic nitrogens is 1. The summed E-state index contributed by atoms with van der Waals surface area (Å²) in [5.74, 6) is 0. The van der Waals surface area contributed by atoms with E-state index in [9.17, 15) is 0 Å². The lowest BCUT2D eigenvalue weighted by Gasteiger charge is -2.20. The van der Waals surface area contributed by atoms with Crippen LogP contribution in [0.2, 0.25) is 0 Å². The molecular formula is C44H37NP2. The standard InChI is InChI=1S/C42H31NP2.C2H6/c1-6-16-32(17-7-1)43-41-28-26-37(44(33-18-8-2-9-19-33)34-20-10-3-11-21-34)30-39(41)40-31-38(27-29-42(40)43)45(35-22-12-4-13-23-35)36-24-14-5-15-25-36;1-2/h1-31H;1-2H3. The predicted molar refractivity (Wildman–Crippen MR) is 210 cm³/mol. The van der Waals surface area contributed by atoms with Gasteiger partial charge in [0.05, 0.1) is 11.0 Å². The number of rotatable bonds is 7. The summed E-state index contributed by atoms with van der Waals surface area (Å²) in [7, 11) is -1.43. The fourth-order valence-corrected chi connectivity index (χ4v) is 11.0. The van der Waals surface area contributed by atoms with E-state index in [-0.39, 0.29) is 0 Å². The van der Waals surface area contributed by atoms with E-state index in [4.69, 9.17) is 0 Å². The van der Waals surface area contributed by atoms with Crippen molar-refractivity contribution in [3.05, 3.63) is 188 Å². The summed E-state index contributed by atoms with van der Waals surface area (Å²) in [6.45, 7) is 4.00. The summed E-state index contributed by atoms with van der Waals surface area (Å²) in [6.07, 6.45) is 0. The van der Waals surface area contributed by atoms with Gasteiger partial charge < -0.3 is 4.57 Å². The van der Waals surface area contributed by atoms with Crippen LogP contribution in [0.3, 0.4) is 0 Å². The van der Waals surface area contributed by atoms with Gasteiger partial charge >= 0.3 is 0 Å². The molecule has 0 bridgehead atoms. The molecule has 47 heavy (non-hydrogen) atoms. The van der Waals surface area contributed by atoms with Gasteiger partial charge in [-0.1, -0.05) is 166 Å². The van der Waals surface area contributed by atoms with Gasteiger partial charge in [-0.2, -0.15) is 0 Å². The Hall–Kier alpha value is -4.80. The summed E-state index contributed by atoms with van der Waals surface area (Å²) >= 11 is 0. The maximum Gasteiger partial charge on any atom is 0.0541 e. The zero-order valence-corrected chi connectivity index (χ0v) is 28.5. The van der Waals surface area contributed by atoms with Crippen LogP contribution in [0.4, 0.5) is 0 Å². The van der Waals surface area contributed by atoms with Crippen molar-refractivity contribution in [2.75, 3.05) is 0 Å². The molecule has 8 rings (SSSR count). The molecule has 1 heterocycles. The van der Waals surface area contributed by atoms with Crippen LogP contribution in [-0.4, -0.2) is 4.57 Å². The second-order valence-corrected chi connectivity index (χ2v) is 15.5. The number of fused-ring (bicyclic) bond motifs is 3. The van der Waals surface area contributed by atoms with Gasteiger partial charge in [0.1, 0.15) is 0 Å². The molecule has 0 saturated heterocycles. The number of hydrogen-bond acceptors (Lipinski definition) is 0. The molecule has 1 aromatic heterocycles. The molecule has 0 atom stereocenters. The summed E-state index contributed by atoms with van der Waals surface area (Å²) in [4.78, 5) is 0. The normalized spacial score (nSPS) is 11.1. The predicted octanol–water partition coefficient (Wildman–Crippen LogP) is 9.33. The van der Waals surface area contributed by atoms with E-state index in [1.165, 1.54) is 59.3 Å². The first-order valence-corrected chi connectivity index (χ1v) is 19.0. The minimum Gasteiger partial charge on any atom is -0.309 e. The summed E-state index contributed by atoms with van der Waals surface area (Å²) in [5, 5.41) is 10.8. The van der Waals surface area contributed by atoms with Gasteiger partial charge in [0.15, 0.2) is 0 Å². The van der Waals surface area contributed by atoms with Crippen LogP contribution in [0.15, 0.2) is 188 Å². The van der Waals surface area contributed by atoms with Crippen molar-refractivity contribution in [3.8, 4) is 5.69 Å². The molecule has 0 saturated carbocycles. The number of benzene rings is 7. The van der Waals surface area contributed by atoms with E-state index in [0.717, 1.165) is 0 Å². The van der Waals surface area contributed by atoms with E-state index in [1.54, 1.807) is 0 Å². The van der Waals surface area contributed by atoms with Crippen molar-refractivity contribution in [1.29, 1.82) is 0 Å². The van der Waals surface area contributed by atoms with E-state index in [2.05, 4.69) is 193 Å². The lowest BCUT2D eigenvalue weighted by Crippen LogP contribution is -2.20. The minimum atomic E-state index is -0.717. The van der Waals surface area contributed by atoms with E-state index in [0.29, 0.717) is 0 Å². The third-order valence-corrected chi connectivity index (χ3v) is 13.2. The highest BCUT2D eigenvalue weighted by Crippen LogP contribution is 2.39. The van der Waals surface area contributed by atoms with Gasteiger partial charge in [-0.25, -0.2) is 0 Å². The van der Waals surface area contributed by atoms with Crippen LogP contribution in [0.5, 0.6) is 0 Å². The first-order valence-electron chi connectivity index (χ1n) is 16.3. The zero-order valence-electron chi connectivity index (χ0n) is 26.7. The van der Waals surface area contributed by atoms with Crippen molar-refractivity contribution in [2.24, 2.45) is 0 Å². The van der Waals surface area contributed by atoms with Gasteiger partial charge in [-0.05, 0) is 84.1 Å². The second kappa shape index (κ2) is 14.3. The van der Waals surface area contributed by atoms with Crippen molar-refractivity contribution < 1.29 is 0 Å². The summed E-state index contributed by atoms with van der Waals surface area (Å²) in [6, 6.07) is 69.1. The molecule has 0 N–H and O–H groups in total. The van der Waals surface area contributed by atoms with Gasteiger partial charge in [0.2, 0.25) is 0 Å². The van der Waals surface area contributed by atoms with Crippen LogP contribution < -0.4 is 31.8 Å². The van der Waals surface area contributed by atoms with Gasteiger partial charge in [0.25, 0.3) is 0 Å². The number of para-hydroxylation sites is 1. The van der Waals surface area contributed by atoms with Crippen molar-refractivity contribution >= 4 is 69.5 Å². The van der Waals surface area contributed by atoms with E-state index >= 15 is 0 Å². The number of hydrogen-bond donors (Lipinski definition) is 0. The maximum atomic E-state index is 2.47. The second-order valence-electron chi connectivity index (χ2n) is 11.1. The van der Waals surface area contributed by atoms with Crippen LogP contribution in [-0.2, 0) is 0 Å². The Kier molecular flexibility index (Phi) is 9.39. The lowest BCUT2D eigenvalue weighted by molar-refractivity contribution is 1.18. The van der Waals surface area contributed by atoms with Crippen LogP contribution in [0.25, 0.3) is 27.5 Å². The molecule has 0 amide bonds. The summed E-state index contributed by atoms with van der Waals surface area (Å²) in [5.41, 5.74) is 3.65. The van der Waals surface area contributed by atoms with Crippen LogP contribution >= 0.6 is 15.8 Å². The largest absolute Gasteiger partial charge is 0.309 e. The molecule has 0 spiro atoms. The van der Waals surface area contributed by atoms with E-state index in [1.807, 2.05) is 13.8 Å². The Balaban J connectivity index is 0.00000172. The fourth-order valence-electron chi connectivity index (χ4n) is 6.34. The molecule has 8 aromatic rings. The Morgan fingerprint density at radius 1 is 0.319 bits per heavy atom. The zero-order chi connectivity index (χ0) is 32.0. The average Bonchev–Trinajstić information content (AvgIpc) is 3.48. The first-order chi connectivity index (χ1) is 23.3. The Morgan fingerprint density at radius 2 is 0.617 bits per heavy atom. The molecule has 228 valence electrons. The smallest absolute Gasteiger partial charge is 0.0541 e. The lowest BCUT2D eigenvalue weighted by atomic mass is 10.1. The topological polar surface area (TPSA) is 4.93 Å². The van der Waals surface area contributed by atoms with Crippen molar-refractivity contribution in [2.45, 2.75) is 13.8 Å². The maximum absolute atomic E-state index is 2.47. The van der Waals surface area contributed by atoms with Gasteiger partial charge in [-0.3, -0.25) is 0 Å². The highest BCUT2D eigenvalue weighted by atomic mass is 31.1. The van der Waals surface area contributed by atoms with E-state index < -0.39 is 15.8 Å². The highest BCUT2D eigenvalue weighted by Gasteiger charge is 2.22. The Labute approximate surface area is 280 Å². The third kappa shape index (κ3) is 6.18. The SMILES string of the molecule is CC.c1ccc(-n2c3ccc(P(c4ccccc4)c4ccccc4)cc3c3cc(P(c4ccccc4)c4ccccc4)ccc32)cc1. The molecule has 3 heteroatoms. The number of nitrogens with zero attached hydrogens (tertiary/aromatic N) is 1. The van der Waals surface area contributed by atoms with Crippen LogP contribution in [0.1, 0.15) is 13.8 Å². The highest BCUT2D eigenvalue weighted by molar-refractivity contribution is 7.80. The molecule has 0 fully saturated rings. The molecule has 1 nitrogen and oxygen atoms in total. The first kappa shape index (κ1) is 30.8. The molecule has 0 aliphatic rings. The van der Waals surface area contributed by atoms with Gasteiger partial charge in [0, 0.05) is 16.5 Å². The molecular weight excluding hydrogens is 604 g/mol. The van der Waals surface area contributed by atoms with Crippen LogP contribution in [0, 0.1) is 0 Å². The van der Waals surface area contributed by atoms with Crippen molar-refractivity contribution in [1.82, 2.24) is 4.57 Å².